The van der Waals surface area contributed by atoms with E-state index in [1.807, 2.05) is 70.2 Å². The minimum absolute atomic E-state index is 0.240. The molecular formula is C29H30O5. The molecule has 0 unspecified atom stereocenters. The Kier molecular flexibility index (Phi) is 8.25. The largest absolute Gasteiger partial charge is 0.496 e. The van der Waals surface area contributed by atoms with Gasteiger partial charge >= 0.3 is 11.3 Å². The number of hydrogen-bond acceptors (Lipinski definition) is 5. The molecule has 0 atom stereocenters. The molecule has 0 spiro atoms. The maximum absolute atomic E-state index is 11.6. The van der Waals surface area contributed by atoms with Gasteiger partial charge in [0.2, 0.25) is 0 Å². The van der Waals surface area contributed by atoms with E-state index in [-0.39, 0.29) is 11.3 Å². The number of rotatable bonds is 5. The van der Waals surface area contributed by atoms with Crippen molar-refractivity contribution in [1.82, 2.24) is 0 Å². The van der Waals surface area contributed by atoms with Gasteiger partial charge in [-0.15, -0.1) is 0 Å². The molecule has 0 bridgehead atoms. The average molecular weight is 459 g/mol. The molecule has 0 N–H and O–H groups in total. The quantitative estimate of drug-likeness (QED) is 0.249. The molecule has 0 saturated heterocycles. The summed E-state index contributed by atoms with van der Waals surface area (Å²) in [6, 6.07) is 16.5. The van der Waals surface area contributed by atoms with E-state index in [0.29, 0.717) is 29.6 Å². The molecular weight excluding hydrogens is 428 g/mol. The summed E-state index contributed by atoms with van der Waals surface area (Å²) in [6.45, 7) is 8.10. The van der Waals surface area contributed by atoms with Crippen molar-refractivity contribution >= 4 is 21.9 Å². The van der Waals surface area contributed by atoms with E-state index in [2.05, 4.69) is 6.08 Å². The second kappa shape index (κ2) is 11.3. The second-order valence-electron chi connectivity index (χ2n) is 8.49. The lowest BCUT2D eigenvalue weighted by atomic mass is 10.1. The van der Waals surface area contributed by atoms with E-state index in [1.54, 1.807) is 19.2 Å². The van der Waals surface area contributed by atoms with Crippen molar-refractivity contribution < 1.29 is 13.6 Å². The molecule has 176 valence electrons. The Morgan fingerprint density at radius 2 is 1.50 bits per heavy atom. The summed E-state index contributed by atoms with van der Waals surface area (Å²) in [5.41, 5.74) is 4.71. The van der Waals surface area contributed by atoms with Gasteiger partial charge in [0.25, 0.3) is 0 Å². The number of methoxy groups -OCH3 is 1. The van der Waals surface area contributed by atoms with Gasteiger partial charge in [0.1, 0.15) is 16.9 Å². The van der Waals surface area contributed by atoms with Crippen molar-refractivity contribution in [3.63, 3.8) is 0 Å². The zero-order chi connectivity index (χ0) is 24.7. The van der Waals surface area contributed by atoms with Gasteiger partial charge in [-0.2, -0.15) is 0 Å². The monoisotopic (exact) mass is 458 g/mol. The van der Waals surface area contributed by atoms with Crippen molar-refractivity contribution in [2.24, 2.45) is 0 Å². The van der Waals surface area contributed by atoms with Crippen LogP contribution in [0, 0.1) is 0 Å². The molecule has 2 heterocycles. The highest BCUT2D eigenvalue weighted by molar-refractivity contribution is 5.82. The standard InChI is InChI=1S/C15H16O3.C14H14O2/c1-10(2)4-7-12-13(17-3)8-5-11-6-9-14(16)18-15(11)12;1-10(2)7-8-12-9-11-5-3-4-6-13(11)16-14(12)15/h4-6,8-9H,7H2,1-3H3;3-7,9H,8H2,1-2H3. The molecule has 0 aliphatic rings. The molecule has 4 aromatic rings. The molecule has 5 nitrogen and oxygen atoms in total. The maximum Gasteiger partial charge on any atom is 0.339 e. The van der Waals surface area contributed by atoms with Gasteiger partial charge in [0, 0.05) is 28.0 Å². The molecule has 34 heavy (non-hydrogen) atoms. The molecule has 0 radical (unpaired) electrons. The summed E-state index contributed by atoms with van der Waals surface area (Å²) < 4.78 is 15.9. The van der Waals surface area contributed by atoms with Crippen molar-refractivity contribution in [2.75, 3.05) is 7.11 Å². The average Bonchev–Trinajstić information content (AvgIpc) is 2.81. The predicted octanol–water partition coefficient (Wildman–Crippen LogP) is 6.61. The molecule has 2 aromatic carbocycles. The second-order valence-corrected chi connectivity index (χ2v) is 8.49. The van der Waals surface area contributed by atoms with Crippen LogP contribution in [0.25, 0.3) is 21.9 Å². The lowest BCUT2D eigenvalue weighted by Gasteiger charge is -2.09. The molecule has 2 aromatic heterocycles. The normalized spacial score (nSPS) is 10.4. The van der Waals surface area contributed by atoms with Crippen LogP contribution in [0.3, 0.4) is 0 Å². The fourth-order valence-corrected chi connectivity index (χ4v) is 3.42. The Bertz CT molecular complexity index is 1460. The minimum atomic E-state index is -0.339. The molecule has 0 saturated carbocycles. The van der Waals surface area contributed by atoms with Gasteiger partial charge in [0.15, 0.2) is 0 Å². The summed E-state index contributed by atoms with van der Waals surface area (Å²) in [6.07, 6.45) is 5.44. The predicted molar refractivity (Wildman–Crippen MR) is 138 cm³/mol. The fourth-order valence-electron chi connectivity index (χ4n) is 3.42. The van der Waals surface area contributed by atoms with Crippen molar-refractivity contribution in [2.45, 2.75) is 40.5 Å². The van der Waals surface area contributed by atoms with E-state index in [4.69, 9.17) is 13.6 Å². The Hall–Kier alpha value is -3.86. The van der Waals surface area contributed by atoms with Crippen molar-refractivity contribution in [3.05, 3.63) is 110 Å². The van der Waals surface area contributed by atoms with Crippen LogP contribution in [0.15, 0.2) is 96.3 Å². The number of allylic oxidation sites excluding steroid dienone is 4. The van der Waals surface area contributed by atoms with Gasteiger partial charge < -0.3 is 13.6 Å². The van der Waals surface area contributed by atoms with Crippen LogP contribution in [-0.2, 0) is 12.8 Å². The van der Waals surface area contributed by atoms with E-state index in [0.717, 1.165) is 22.1 Å². The van der Waals surface area contributed by atoms with Crippen molar-refractivity contribution in [3.8, 4) is 5.75 Å². The third kappa shape index (κ3) is 6.35. The Morgan fingerprint density at radius 3 is 2.21 bits per heavy atom. The van der Waals surface area contributed by atoms with Gasteiger partial charge in [-0.1, -0.05) is 41.5 Å². The van der Waals surface area contributed by atoms with Crippen LogP contribution in [0.5, 0.6) is 5.75 Å². The maximum atomic E-state index is 11.6. The van der Waals surface area contributed by atoms with Crippen LogP contribution < -0.4 is 16.0 Å². The number of hydrogen-bond donors (Lipinski definition) is 0. The first-order valence-electron chi connectivity index (χ1n) is 11.2. The number of ether oxygens (including phenoxy) is 1. The van der Waals surface area contributed by atoms with Gasteiger partial charge in [-0.3, -0.25) is 0 Å². The molecule has 0 aliphatic heterocycles. The first-order chi connectivity index (χ1) is 16.3. The van der Waals surface area contributed by atoms with Crippen LogP contribution in [0.4, 0.5) is 0 Å². The molecule has 0 fully saturated rings. The first-order valence-corrected chi connectivity index (χ1v) is 11.2. The Balaban J connectivity index is 0.000000192. The molecule has 0 amide bonds. The van der Waals surface area contributed by atoms with E-state index in [1.165, 1.54) is 17.2 Å². The van der Waals surface area contributed by atoms with Gasteiger partial charge in [0.05, 0.1) is 7.11 Å². The van der Waals surface area contributed by atoms with E-state index in [9.17, 15) is 9.59 Å². The zero-order valence-corrected chi connectivity index (χ0v) is 20.3. The van der Waals surface area contributed by atoms with E-state index >= 15 is 0 Å². The Labute approximate surface area is 199 Å². The number of para-hydroxylation sites is 1. The van der Waals surface area contributed by atoms with Crippen molar-refractivity contribution in [1.29, 1.82) is 0 Å². The highest BCUT2D eigenvalue weighted by Gasteiger charge is 2.10. The summed E-state index contributed by atoms with van der Waals surface area (Å²) in [7, 11) is 1.62. The number of benzene rings is 2. The van der Waals surface area contributed by atoms with E-state index < -0.39 is 0 Å². The highest BCUT2D eigenvalue weighted by atomic mass is 16.5. The van der Waals surface area contributed by atoms with Crippen LogP contribution in [0.2, 0.25) is 0 Å². The lowest BCUT2D eigenvalue weighted by Crippen LogP contribution is -2.05. The third-order valence-electron chi connectivity index (χ3n) is 5.23. The SMILES string of the molecule is CC(C)=CCc1cc2ccccc2oc1=O.COc1ccc2ccc(=O)oc2c1CC=C(C)C. The molecule has 4 rings (SSSR count). The van der Waals surface area contributed by atoms with Crippen LogP contribution in [-0.4, -0.2) is 7.11 Å². The summed E-state index contributed by atoms with van der Waals surface area (Å²) in [4.78, 5) is 23.0. The highest BCUT2D eigenvalue weighted by Crippen LogP contribution is 2.28. The fraction of sp³-hybridized carbons (Fsp3) is 0.241. The minimum Gasteiger partial charge on any atom is -0.496 e. The molecule has 5 heteroatoms. The van der Waals surface area contributed by atoms with Gasteiger partial charge in [-0.05, 0) is 70.9 Å². The zero-order valence-electron chi connectivity index (χ0n) is 20.3. The third-order valence-corrected chi connectivity index (χ3v) is 5.23. The van der Waals surface area contributed by atoms with Gasteiger partial charge in [-0.25, -0.2) is 9.59 Å². The smallest absolute Gasteiger partial charge is 0.339 e. The van der Waals surface area contributed by atoms with Crippen LogP contribution >= 0.6 is 0 Å². The first kappa shape index (κ1) is 24.8. The topological polar surface area (TPSA) is 69.7 Å². The lowest BCUT2D eigenvalue weighted by molar-refractivity contribution is 0.409. The number of fused-ring (bicyclic) bond motifs is 2. The summed E-state index contributed by atoms with van der Waals surface area (Å²) in [5.74, 6) is 0.745. The molecule has 0 aliphatic carbocycles. The Morgan fingerprint density at radius 1 is 0.824 bits per heavy atom. The summed E-state index contributed by atoms with van der Waals surface area (Å²) >= 11 is 0. The van der Waals surface area contributed by atoms with Crippen LogP contribution in [0.1, 0.15) is 38.8 Å². The summed E-state index contributed by atoms with van der Waals surface area (Å²) in [5, 5.41) is 1.88.